The summed E-state index contributed by atoms with van der Waals surface area (Å²) in [6, 6.07) is 6.23. The van der Waals surface area contributed by atoms with E-state index < -0.39 is 0 Å². The maximum atomic E-state index is 5.92. The number of hydrogen-bond donors (Lipinski definition) is 0. The minimum absolute atomic E-state index is 0.323. The number of aryl methyl sites for hydroxylation is 1. The van der Waals surface area contributed by atoms with Gasteiger partial charge in [-0.3, -0.25) is 0 Å². The summed E-state index contributed by atoms with van der Waals surface area (Å²) in [6.45, 7) is 3.99. The third kappa shape index (κ3) is 2.74. The number of nitrogens with zero attached hydrogens (tertiary/aromatic N) is 2. The third-order valence-electron chi connectivity index (χ3n) is 4.06. The second-order valence-electron chi connectivity index (χ2n) is 5.34. The average Bonchev–Trinajstić information content (AvgIpc) is 2.96. The number of alkyl halides is 1. The lowest BCUT2D eigenvalue weighted by Crippen LogP contribution is -2.19. The van der Waals surface area contributed by atoms with Gasteiger partial charge in [-0.1, -0.05) is 15.9 Å². The van der Waals surface area contributed by atoms with E-state index in [4.69, 9.17) is 21.3 Å². The van der Waals surface area contributed by atoms with Crippen LogP contribution in [0.2, 0.25) is 0 Å². The predicted molar refractivity (Wildman–Crippen MR) is 85.4 cm³/mol. The van der Waals surface area contributed by atoms with Gasteiger partial charge < -0.3 is 9.30 Å². The van der Waals surface area contributed by atoms with Crippen LogP contribution >= 0.6 is 27.5 Å². The van der Waals surface area contributed by atoms with Crippen molar-refractivity contribution in [1.82, 2.24) is 9.55 Å². The molecule has 1 aliphatic rings. The fourth-order valence-electron chi connectivity index (χ4n) is 2.88. The van der Waals surface area contributed by atoms with Crippen molar-refractivity contribution in [3.8, 4) is 0 Å². The lowest BCUT2D eigenvalue weighted by atomic mass is 10.0. The van der Waals surface area contributed by atoms with Crippen LogP contribution in [0.1, 0.15) is 19.2 Å². The van der Waals surface area contributed by atoms with Gasteiger partial charge in [0.1, 0.15) is 5.82 Å². The van der Waals surface area contributed by atoms with E-state index in [1.54, 1.807) is 0 Å². The molecule has 3 nitrogen and oxygen atoms in total. The van der Waals surface area contributed by atoms with Gasteiger partial charge >= 0.3 is 0 Å². The van der Waals surface area contributed by atoms with Crippen LogP contribution in [0.25, 0.3) is 11.0 Å². The predicted octanol–water partition coefficient (Wildman–Crippen LogP) is 4.01. The van der Waals surface area contributed by atoms with E-state index in [0.717, 1.165) is 41.8 Å². The summed E-state index contributed by atoms with van der Waals surface area (Å²) in [5.41, 5.74) is 2.22. The number of ether oxygens (including phenoxy) is 1. The summed E-state index contributed by atoms with van der Waals surface area (Å²) in [5.74, 6) is 2.23. The van der Waals surface area contributed by atoms with Crippen LogP contribution in [0.4, 0.5) is 0 Å². The van der Waals surface area contributed by atoms with E-state index in [1.807, 2.05) is 6.07 Å². The summed E-state index contributed by atoms with van der Waals surface area (Å²) in [4.78, 5) is 4.73. The molecule has 0 radical (unpaired) electrons. The van der Waals surface area contributed by atoms with Crippen molar-refractivity contribution >= 4 is 38.6 Å². The Balaban J connectivity index is 2.01. The van der Waals surface area contributed by atoms with Crippen LogP contribution in [-0.2, 0) is 17.7 Å². The summed E-state index contributed by atoms with van der Waals surface area (Å²) in [7, 11) is 0. The Morgan fingerprint density at radius 2 is 2.35 bits per heavy atom. The highest BCUT2D eigenvalue weighted by Crippen LogP contribution is 2.27. The number of hydrogen-bond acceptors (Lipinski definition) is 2. The van der Waals surface area contributed by atoms with E-state index in [-0.39, 0.29) is 0 Å². The number of halogens is 2. The first-order chi connectivity index (χ1) is 9.69. The zero-order valence-electron chi connectivity index (χ0n) is 11.5. The fraction of sp³-hybridized carbons (Fsp3) is 0.533. The largest absolute Gasteiger partial charge is 0.378 e. The quantitative estimate of drug-likeness (QED) is 0.773. The zero-order valence-corrected chi connectivity index (χ0v) is 13.8. The molecule has 0 spiro atoms. The third-order valence-corrected chi connectivity index (χ3v) is 4.74. The van der Waals surface area contributed by atoms with E-state index in [0.29, 0.717) is 17.9 Å². The molecule has 0 bridgehead atoms. The molecule has 0 amide bonds. The number of benzene rings is 1. The SMILES string of the molecule is CC1OCCC1Cn1c(CCCl)nc2ccc(Br)cc21. The topological polar surface area (TPSA) is 27.1 Å². The number of imidazole rings is 1. The molecule has 1 aliphatic heterocycles. The van der Waals surface area contributed by atoms with Crippen LogP contribution in [0, 0.1) is 5.92 Å². The van der Waals surface area contributed by atoms with Crippen LogP contribution in [0.3, 0.4) is 0 Å². The monoisotopic (exact) mass is 356 g/mol. The highest BCUT2D eigenvalue weighted by atomic mass is 79.9. The van der Waals surface area contributed by atoms with Gasteiger partial charge in [-0.2, -0.15) is 0 Å². The Kier molecular flexibility index (Phi) is 4.34. The van der Waals surface area contributed by atoms with Crippen molar-refractivity contribution in [1.29, 1.82) is 0 Å². The van der Waals surface area contributed by atoms with Gasteiger partial charge in [-0.15, -0.1) is 11.6 Å². The van der Waals surface area contributed by atoms with E-state index in [1.165, 1.54) is 5.52 Å². The Labute approximate surface area is 132 Å². The Morgan fingerprint density at radius 3 is 3.05 bits per heavy atom. The number of aromatic nitrogens is 2. The molecule has 0 aliphatic carbocycles. The smallest absolute Gasteiger partial charge is 0.111 e. The molecule has 2 aromatic rings. The molecule has 1 aromatic heterocycles. The minimum Gasteiger partial charge on any atom is -0.378 e. The minimum atomic E-state index is 0.323. The fourth-order valence-corrected chi connectivity index (χ4v) is 3.39. The van der Waals surface area contributed by atoms with Crippen LogP contribution in [0.15, 0.2) is 22.7 Å². The number of fused-ring (bicyclic) bond motifs is 1. The molecule has 2 unspecified atom stereocenters. The van der Waals surface area contributed by atoms with E-state index >= 15 is 0 Å². The van der Waals surface area contributed by atoms with Crippen molar-refractivity contribution in [3.63, 3.8) is 0 Å². The summed E-state index contributed by atoms with van der Waals surface area (Å²) in [5, 5.41) is 0. The molecular weight excluding hydrogens is 340 g/mol. The van der Waals surface area contributed by atoms with Gasteiger partial charge in [0.15, 0.2) is 0 Å². The Morgan fingerprint density at radius 1 is 1.50 bits per heavy atom. The van der Waals surface area contributed by atoms with Crippen LogP contribution in [0.5, 0.6) is 0 Å². The lowest BCUT2D eigenvalue weighted by Gasteiger charge is -2.17. The van der Waals surface area contributed by atoms with Crippen molar-refractivity contribution < 1.29 is 4.74 Å². The second-order valence-corrected chi connectivity index (χ2v) is 6.63. The molecule has 0 N–H and O–H groups in total. The van der Waals surface area contributed by atoms with Crippen LogP contribution in [-0.4, -0.2) is 28.1 Å². The molecule has 0 saturated carbocycles. The van der Waals surface area contributed by atoms with Crippen molar-refractivity contribution in [3.05, 3.63) is 28.5 Å². The molecule has 1 aromatic carbocycles. The summed E-state index contributed by atoms with van der Waals surface area (Å²) in [6.07, 6.45) is 2.24. The standard InChI is InChI=1S/C15H18BrClN2O/c1-10-11(5-7-20-10)9-19-14-8-12(16)2-3-13(14)18-15(19)4-6-17/h2-3,8,10-11H,4-7,9H2,1H3. The Hall–Kier alpha value is -0.580. The van der Waals surface area contributed by atoms with Crippen molar-refractivity contribution in [2.24, 2.45) is 5.92 Å². The molecule has 1 saturated heterocycles. The lowest BCUT2D eigenvalue weighted by molar-refractivity contribution is 0.102. The second kappa shape index (κ2) is 6.04. The maximum Gasteiger partial charge on any atom is 0.111 e. The highest BCUT2D eigenvalue weighted by Gasteiger charge is 2.26. The van der Waals surface area contributed by atoms with Crippen molar-refractivity contribution in [2.45, 2.75) is 32.4 Å². The van der Waals surface area contributed by atoms with Gasteiger partial charge in [0.05, 0.1) is 17.1 Å². The highest BCUT2D eigenvalue weighted by molar-refractivity contribution is 9.10. The molecule has 1 fully saturated rings. The molecule has 5 heteroatoms. The summed E-state index contributed by atoms with van der Waals surface area (Å²) >= 11 is 9.47. The summed E-state index contributed by atoms with van der Waals surface area (Å²) < 4.78 is 9.08. The van der Waals surface area contributed by atoms with Gasteiger partial charge in [0.25, 0.3) is 0 Å². The van der Waals surface area contributed by atoms with Gasteiger partial charge in [-0.05, 0) is 31.5 Å². The first-order valence-electron chi connectivity index (χ1n) is 7.01. The van der Waals surface area contributed by atoms with E-state index in [2.05, 4.69) is 39.6 Å². The molecule has 108 valence electrons. The van der Waals surface area contributed by atoms with Crippen molar-refractivity contribution in [2.75, 3.05) is 12.5 Å². The van der Waals surface area contributed by atoms with Crippen LogP contribution < -0.4 is 0 Å². The molecule has 2 atom stereocenters. The maximum absolute atomic E-state index is 5.92. The first-order valence-corrected chi connectivity index (χ1v) is 8.34. The molecule has 20 heavy (non-hydrogen) atoms. The molecular formula is C15H18BrClN2O. The average molecular weight is 358 g/mol. The number of rotatable bonds is 4. The normalized spacial score (nSPS) is 22.8. The van der Waals surface area contributed by atoms with Gasteiger partial charge in [0, 0.05) is 35.8 Å². The van der Waals surface area contributed by atoms with Gasteiger partial charge in [-0.25, -0.2) is 4.98 Å². The molecule has 2 heterocycles. The molecule has 3 rings (SSSR count). The Bertz CT molecular complexity index is 613. The van der Waals surface area contributed by atoms with Gasteiger partial charge in [0.2, 0.25) is 0 Å². The zero-order chi connectivity index (χ0) is 14.1. The first kappa shape index (κ1) is 14.4. The van der Waals surface area contributed by atoms with E-state index in [9.17, 15) is 0 Å².